The van der Waals surface area contributed by atoms with Crippen LogP contribution in [-0.4, -0.2) is 32.0 Å². The van der Waals surface area contributed by atoms with Gasteiger partial charge in [-0.1, -0.05) is 29.4 Å². The molecular formula is C21H21ClN4O2S. The van der Waals surface area contributed by atoms with Gasteiger partial charge in [-0.2, -0.15) is 0 Å². The molecule has 2 N–H and O–H groups in total. The van der Waals surface area contributed by atoms with Crippen LogP contribution in [0.4, 0.5) is 11.1 Å². The molecule has 2 aromatic heterocycles. The second-order valence-corrected chi connectivity index (χ2v) is 8.38. The number of carbonyl (C=O) groups excluding carboxylic acids is 1. The van der Waals surface area contributed by atoms with Crippen LogP contribution in [0.25, 0.3) is 21.3 Å². The third kappa shape index (κ3) is 4.27. The maximum absolute atomic E-state index is 12.5. The maximum Gasteiger partial charge on any atom is 0.209 e. The lowest BCUT2D eigenvalue weighted by Gasteiger charge is -2.04. The van der Waals surface area contributed by atoms with Crippen molar-refractivity contribution in [3.05, 3.63) is 47.0 Å². The van der Waals surface area contributed by atoms with Crippen molar-refractivity contribution in [3.8, 4) is 0 Å². The van der Waals surface area contributed by atoms with Gasteiger partial charge in [-0.3, -0.25) is 4.79 Å². The zero-order valence-electron chi connectivity index (χ0n) is 16.0. The topological polar surface area (TPSA) is 80.0 Å². The van der Waals surface area contributed by atoms with Crippen LogP contribution in [0, 0.1) is 0 Å². The number of imidazole rings is 1. The van der Waals surface area contributed by atoms with Gasteiger partial charge < -0.3 is 15.0 Å². The lowest BCUT2D eigenvalue weighted by molar-refractivity contribution is 0.0978. The number of hydrogen-bond acceptors (Lipinski definition) is 6. The SMILES string of the molecule is Cn1c(Nc2nc3ccc(Cl)cc3s2)nc2ccc(C(=O)CCCCCO)cc21. The summed E-state index contributed by atoms with van der Waals surface area (Å²) in [5, 5.41) is 13.5. The van der Waals surface area contributed by atoms with Crippen LogP contribution in [0.15, 0.2) is 36.4 Å². The van der Waals surface area contributed by atoms with Crippen molar-refractivity contribution in [2.45, 2.75) is 25.7 Å². The molecule has 29 heavy (non-hydrogen) atoms. The highest BCUT2D eigenvalue weighted by Crippen LogP contribution is 2.31. The van der Waals surface area contributed by atoms with Crippen LogP contribution >= 0.6 is 22.9 Å². The van der Waals surface area contributed by atoms with E-state index in [0.717, 1.165) is 45.6 Å². The van der Waals surface area contributed by atoms with Crippen LogP contribution in [-0.2, 0) is 7.05 Å². The summed E-state index contributed by atoms with van der Waals surface area (Å²) in [6.45, 7) is 0.173. The molecule has 4 rings (SSSR count). The number of aromatic nitrogens is 3. The molecule has 0 saturated carbocycles. The number of Topliss-reactive ketones (excluding diaryl/α,β-unsaturated/α-hetero) is 1. The number of carbonyl (C=O) groups is 1. The number of aliphatic hydroxyl groups is 1. The minimum atomic E-state index is 0.114. The molecule has 0 aliphatic carbocycles. The first kappa shape index (κ1) is 19.8. The van der Waals surface area contributed by atoms with Gasteiger partial charge in [-0.15, -0.1) is 0 Å². The number of aliphatic hydroxyl groups excluding tert-OH is 1. The molecule has 0 atom stereocenters. The number of unbranched alkanes of at least 4 members (excludes halogenated alkanes) is 2. The summed E-state index contributed by atoms with van der Waals surface area (Å²) in [5.74, 6) is 0.779. The summed E-state index contributed by atoms with van der Waals surface area (Å²) in [5.41, 5.74) is 3.27. The maximum atomic E-state index is 12.5. The molecule has 0 radical (unpaired) electrons. The number of thiazole rings is 1. The first-order chi connectivity index (χ1) is 14.0. The van der Waals surface area contributed by atoms with Crippen LogP contribution in [0.2, 0.25) is 5.02 Å². The van der Waals surface area contributed by atoms with Crippen molar-refractivity contribution < 1.29 is 9.90 Å². The van der Waals surface area contributed by atoms with E-state index in [2.05, 4.69) is 15.3 Å². The van der Waals surface area contributed by atoms with Crippen molar-refractivity contribution in [1.29, 1.82) is 0 Å². The van der Waals surface area contributed by atoms with Gasteiger partial charge in [0.25, 0.3) is 0 Å². The van der Waals surface area contributed by atoms with Gasteiger partial charge in [0, 0.05) is 30.7 Å². The molecule has 150 valence electrons. The summed E-state index contributed by atoms with van der Waals surface area (Å²) in [6, 6.07) is 11.2. The molecule has 0 saturated heterocycles. The molecule has 0 unspecified atom stereocenters. The second-order valence-electron chi connectivity index (χ2n) is 6.91. The summed E-state index contributed by atoms with van der Waals surface area (Å²) in [4.78, 5) is 21.7. The molecule has 0 aliphatic rings. The molecule has 6 nitrogen and oxygen atoms in total. The number of fused-ring (bicyclic) bond motifs is 2. The lowest BCUT2D eigenvalue weighted by Crippen LogP contribution is -2.01. The Labute approximate surface area is 177 Å². The molecule has 2 aromatic carbocycles. The zero-order chi connectivity index (χ0) is 20.4. The van der Waals surface area contributed by atoms with Crippen molar-refractivity contribution in [3.63, 3.8) is 0 Å². The molecule has 0 spiro atoms. The smallest absolute Gasteiger partial charge is 0.209 e. The normalized spacial score (nSPS) is 11.4. The number of rotatable bonds is 8. The number of nitrogens with zero attached hydrogens (tertiary/aromatic N) is 3. The first-order valence-corrected chi connectivity index (χ1v) is 10.7. The lowest BCUT2D eigenvalue weighted by atomic mass is 10.0. The highest BCUT2D eigenvalue weighted by molar-refractivity contribution is 7.22. The number of hydrogen-bond donors (Lipinski definition) is 2. The van der Waals surface area contributed by atoms with Crippen molar-refractivity contribution >= 4 is 61.1 Å². The summed E-state index contributed by atoms with van der Waals surface area (Å²) < 4.78 is 2.93. The Morgan fingerprint density at radius 1 is 1.14 bits per heavy atom. The van der Waals surface area contributed by atoms with Crippen molar-refractivity contribution in [1.82, 2.24) is 14.5 Å². The van der Waals surface area contributed by atoms with E-state index in [9.17, 15) is 4.79 Å². The average Bonchev–Trinajstić information content (AvgIpc) is 3.25. The number of aryl methyl sites for hydroxylation is 1. The number of ketones is 1. The minimum Gasteiger partial charge on any atom is -0.396 e. The van der Waals surface area contributed by atoms with Gasteiger partial charge in [0.15, 0.2) is 10.9 Å². The third-order valence-corrected chi connectivity index (χ3v) is 6.00. The molecular weight excluding hydrogens is 408 g/mol. The summed E-state index contributed by atoms with van der Waals surface area (Å²) >= 11 is 7.57. The van der Waals surface area contributed by atoms with Crippen LogP contribution in [0.3, 0.4) is 0 Å². The van der Waals surface area contributed by atoms with Gasteiger partial charge in [-0.25, -0.2) is 9.97 Å². The Morgan fingerprint density at radius 2 is 1.97 bits per heavy atom. The van der Waals surface area contributed by atoms with Crippen LogP contribution < -0.4 is 5.32 Å². The van der Waals surface area contributed by atoms with Gasteiger partial charge in [-0.05, 0) is 49.2 Å². The largest absolute Gasteiger partial charge is 0.396 e. The number of benzene rings is 2. The van der Waals surface area contributed by atoms with Crippen molar-refractivity contribution in [2.24, 2.45) is 7.05 Å². The number of anilines is 2. The van der Waals surface area contributed by atoms with E-state index in [4.69, 9.17) is 16.7 Å². The quantitative estimate of drug-likeness (QED) is 0.293. The molecule has 0 bridgehead atoms. The highest BCUT2D eigenvalue weighted by atomic mass is 35.5. The predicted molar refractivity (Wildman–Crippen MR) is 119 cm³/mol. The molecule has 8 heteroatoms. The summed E-state index contributed by atoms with van der Waals surface area (Å²) in [7, 11) is 1.91. The predicted octanol–water partition coefficient (Wildman–Crippen LogP) is 5.32. The van der Waals surface area contributed by atoms with Gasteiger partial charge in [0.05, 0.1) is 21.3 Å². The molecule has 2 heterocycles. The monoisotopic (exact) mass is 428 g/mol. The van der Waals surface area contributed by atoms with Crippen LogP contribution in [0.1, 0.15) is 36.0 Å². The Hall–Kier alpha value is -2.48. The third-order valence-electron chi connectivity index (χ3n) is 4.83. The Kier molecular flexibility index (Phi) is 5.80. The Balaban J connectivity index is 1.56. The fraction of sp³-hybridized carbons (Fsp3) is 0.286. The molecule has 4 aromatic rings. The molecule has 0 aliphatic heterocycles. The van der Waals surface area contributed by atoms with E-state index in [0.29, 0.717) is 23.0 Å². The zero-order valence-corrected chi connectivity index (χ0v) is 17.6. The number of halogens is 1. The van der Waals surface area contributed by atoms with E-state index in [-0.39, 0.29) is 12.4 Å². The second kappa shape index (κ2) is 8.49. The highest BCUT2D eigenvalue weighted by Gasteiger charge is 2.13. The molecule has 0 fully saturated rings. The fourth-order valence-corrected chi connectivity index (χ4v) is 4.38. The van der Waals surface area contributed by atoms with Crippen molar-refractivity contribution in [2.75, 3.05) is 11.9 Å². The fourth-order valence-electron chi connectivity index (χ4n) is 3.24. The van der Waals surface area contributed by atoms with E-state index < -0.39 is 0 Å². The van der Waals surface area contributed by atoms with Crippen LogP contribution in [0.5, 0.6) is 0 Å². The summed E-state index contributed by atoms with van der Waals surface area (Å²) in [6.07, 6.45) is 2.87. The standard InChI is InChI=1S/C21H21ClN4O2S/c1-26-17-11-13(18(28)5-3-2-4-10-27)6-8-15(17)23-20(26)25-21-24-16-9-7-14(22)12-19(16)29-21/h6-9,11-12,27H,2-5,10H2,1H3,(H,23,24,25). The van der Waals surface area contributed by atoms with E-state index in [1.807, 2.05) is 48.0 Å². The van der Waals surface area contributed by atoms with E-state index >= 15 is 0 Å². The van der Waals surface area contributed by atoms with Gasteiger partial charge >= 0.3 is 0 Å². The van der Waals surface area contributed by atoms with Gasteiger partial charge in [0.1, 0.15) is 0 Å². The number of nitrogens with one attached hydrogen (secondary N) is 1. The minimum absolute atomic E-state index is 0.114. The van der Waals surface area contributed by atoms with E-state index in [1.54, 1.807) is 0 Å². The first-order valence-electron chi connectivity index (χ1n) is 9.49. The van der Waals surface area contributed by atoms with E-state index in [1.165, 1.54) is 11.3 Å². The van der Waals surface area contributed by atoms with Gasteiger partial charge in [0.2, 0.25) is 5.95 Å². The average molecular weight is 429 g/mol. The Morgan fingerprint density at radius 3 is 2.79 bits per heavy atom. The molecule has 0 amide bonds. The Bertz CT molecular complexity index is 1180.